The van der Waals surface area contributed by atoms with E-state index in [-0.39, 0.29) is 6.10 Å². The van der Waals surface area contributed by atoms with Gasteiger partial charge in [0.1, 0.15) is 0 Å². The zero-order chi connectivity index (χ0) is 17.3. The Morgan fingerprint density at radius 1 is 1.12 bits per heavy atom. The van der Waals surface area contributed by atoms with E-state index in [2.05, 4.69) is 29.2 Å². The average molecular weight is 355 g/mol. The predicted octanol–water partition coefficient (Wildman–Crippen LogP) is 4.49. The molecule has 0 saturated carbocycles. The van der Waals surface area contributed by atoms with Crippen LogP contribution in [0.3, 0.4) is 0 Å². The molecule has 0 aliphatic carbocycles. The van der Waals surface area contributed by atoms with E-state index >= 15 is 0 Å². The van der Waals surface area contributed by atoms with Gasteiger partial charge in [-0.05, 0) is 30.2 Å². The second kappa shape index (κ2) is 6.64. The molecule has 1 saturated heterocycles. The summed E-state index contributed by atoms with van der Waals surface area (Å²) in [7, 11) is 0. The highest BCUT2D eigenvalue weighted by molar-refractivity contribution is 6.30. The van der Waals surface area contributed by atoms with Gasteiger partial charge in [-0.2, -0.15) is 0 Å². The first-order chi connectivity index (χ1) is 12.1. The van der Waals surface area contributed by atoms with E-state index in [0.29, 0.717) is 13.2 Å². The van der Waals surface area contributed by atoms with Gasteiger partial charge in [0, 0.05) is 23.0 Å². The minimum absolute atomic E-state index is 0.0551. The van der Waals surface area contributed by atoms with Crippen molar-refractivity contribution in [3.63, 3.8) is 0 Å². The molecular formula is C20H19ClN2O2. The number of benzene rings is 2. The Bertz CT molecular complexity index is 831. The molecule has 0 bridgehead atoms. The molecule has 1 aliphatic heterocycles. The Kier molecular flexibility index (Phi) is 4.34. The van der Waals surface area contributed by atoms with E-state index in [0.717, 1.165) is 21.7 Å². The summed E-state index contributed by atoms with van der Waals surface area (Å²) in [5, 5.41) is 0.737. The highest BCUT2D eigenvalue weighted by Gasteiger charge is 2.42. The van der Waals surface area contributed by atoms with Crippen LogP contribution in [0.4, 0.5) is 0 Å². The Morgan fingerprint density at radius 2 is 1.80 bits per heavy atom. The third-order valence-corrected chi connectivity index (χ3v) is 4.65. The van der Waals surface area contributed by atoms with Crippen LogP contribution in [0.5, 0.6) is 0 Å². The molecule has 128 valence electrons. The summed E-state index contributed by atoms with van der Waals surface area (Å²) in [6.07, 6.45) is 5.51. The monoisotopic (exact) mass is 354 g/mol. The van der Waals surface area contributed by atoms with Gasteiger partial charge in [0.2, 0.25) is 5.79 Å². The molecule has 2 aromatic carbocycles. The molecule has 1 fully saturated rings. The van der Waals surface area contributed by atoms with Crippen molar-refractivity contribution in [1.29, 1.82) is 0 Å². The number of rotatable bonds is 4. The molecule has 1 aromatic heterocycles. The zero-order valence-electron chi connectivity index (χ0n) is 13.9. The summed E-state index contributed by atoms with van der Waals surface area (Å²) < 4.78 is 14.2. The SMILES string of the molecule is CC1COC(Cn2ccnc2)(c2ccc(-c3ccc(Cl)cc3)cc2)O1. The van der Waals surface area contributed by atoms with Crippen molar-refractivity contribution < 1.29 is 9.47 Å². The van der Waals surface area contributed by atoms with Gasteiger partial charge in [0.05, 0.1) is 25.6 Å². The third kappa shape index (κ3) is 3.33. The molecule has 1 aliphatic rings. The Labute approximate surface area is 152 Å². The molecule has 0 radical (unpaired) electrons. The average Bonchev–Trinajstić information content (AvgIpc) is 3.26. The van der Waals surface area contributed by atoms with Gasteiger partial charge in [-0.3, -0.25) is 0 Å². The summed E-state index contributed by atoms with van der Waals surface area (Å²) in [5.74, 6) is -0.779. The van der Waals surface area contributed by atoms with Gasteiger partial charge in [-0.25, -0.2) is 4.98 Å². The highest BCUT2D eigenvalue weighted by Crippen LogP contribution is 2.37. The molecule has 5 heteroatoms. The lowest BCUT2D eigenvalue weighted by Gasteiger charge is -2.29. The summed E-state index contributed by atoms with van der Waals surface area (Å²) in [4.78, 5) is 4.11. The first kappa shape index (κ1) is 16.3. The fourth-order valence-corrected chi connectivity index (χ4v) is 3.28. The van der Waals surface area contributed by atoms with Crippen molar-refractivity contribution in [2.75, 3.05) is 6.61 Å². The van der Waals surface area contributed by atoms with Crippen LogP contribution in [0.25, 0.3) is 11.1 Å². The predicted molar refractivity (Wildman–Crippen MR) is 97.3 cm³/mol. The number of hydrogen-bond acceptors (Lipinski definition) is 3. The maximum atomic E-state index is 6.18. The summed E-state index contributed by atoms with van der Waals surface area (Å²) >= 11 is 5.97. The molecule has 4 rings (SSSR count). The molecular weight excluding hydrogens is 336 g/mol. The lowest BCUT2D eigenvalue weighted by molar-refractivity contribution is -0.185. The first-order valence-corrected chi connectivity index (χ1v) is 8.66. The van der Waals surface area contributed by atoms with Crippen molar-refractivity contribution in [1.82, 2.24) is 9.55 Å². The molecule has 2 atom stereocenters. The van der Waals surface area contributed by atoms with Crippen LogP contribution in [0.1, 0.15) is 12.5 Å². The van der Waals surface area contributed by atoms with Crippen molar-refractivity contribution in [3.8, 4) is 11.1 Å². The van der Waals surface area contributed by atoms with E-state index in [9.17, 15) is 0 Å². The first-order valence-electron chi connectivity index (χ1n) is 8.29. The van der Waals surface area contributed by atoms with Crippen molar-refractivity contribution in [3.05, 3.63) is 77.8 Å². The minimum atomic E-state index is -0.779. The van der Waals surface area contributed by atoms with Gasteiger partial charge >= 0.3 is 0 Å². The lowest BCUT2D eigenvalue weighted by atomic mass is 10.00. The van der Waals surface area contributed by atoms with Crippen molar-refractivity contribution >= 4 is 11.6 Å². The standard InChI is InChI=1S/C20H19ClN2O2/c1-15-12-24-20(25-15,13-23-11-10-22-14-23)18-6-2-16(3-7-18)17-4-8-19(21)9-5-17/h2-11,14-15H,12-13H2,1H3. The molecule has 0 spiro atoms. The van der Waals surface area contributed by atoms with E-state index in [1.165, 1.54) is 0 Å². The van der Waals surface area contributed by atoms with Gasteiger partial charge in [-0.1, -0.05) is 48.0 Å². The Morgan fingerprint density at radius 3 is 2.36 bits per heavy atom. The van der Waals surface area contributed by atoms with Gasteiger partial charge in [0.25, 0.3) is 0 Å². The van der Waals surface area contributed by atoms with Gasteiger partial charge in [0.15, 0.2) is 0 Å². The van der Waals surface area contributed by atoms with Crippen LogP contribution in [0, 0.1) is 0 Å². The Balaban J connectivity index is 1.65. The number of aromatic nitrogens is 2. The number of hydrogen-bond donors (Lipinski definition) is 0. The second-order valence-electron chi connectivity index (χ2n) is 6.31. The number of imidazole rings is 1. The maximum absolute atomic E-state index is 6.18. The van der Waals surface area contributed by atoms with Gasteiger partial charge < -0.3 is 14.0 Å². The Hall–Kier alpha value is -2.14. The highest BCUT2D eigenvalue weighted by atomic mass is 35.5. The molecule has 0 N–H and O–H groups in total. The van der Waals surface area contributed by atoms with Crippen LogP contribution in [-0.4, -0.2) is 22.3 Å². The van der Waals surface area contributed by atoms with Crippen LogP contribution >= 0.6 is 11.6 Å². The van der Waals surface area contributed by atoms with Crippen LogP contribution < -0.4 is 0 Å². The van der Waals surface area contributed by atoms with E-state index in [1.807, 2.05) is 42.0 Å². The maximum Gasteiger partial charge on any atom is 0.213 e. The normalized spacial score (nSPS) is 23.0. The molecule has 4 nitrogen and oxygen atoms in total. The van der Waals surface area contributed by atoms with Gasteiger partial charge in [-0.15, -0.1) is 0 Å². The fraction of sp³-hybridized carbons (Fsp3) is 0.250. The quantitative estimate of drug-likeness (QED) is 0.692. The number of ether oxygens (including phenoxy) is 2. The summed E-state index contributed by atoms with van der Waals surface area (Å²) in [5.41, 5.74) is 3.26. The molecule has 3 aromatic rings. The van der Waals surface area contributed by atoms with Crippen LogP contribution in [0.2, 0.25) is 5.02 Å². The number of halogens is 1. The van der Waals surface area contributed by atoms with Crippen LogP contribution in [-0.2, 0) is 21.8 Å². The largest absolute Gasteiger partial charge is 0.342 e. The number of nitrogens with zero attached hydrogens (tertiary/aromatic N) is 2. The lowest BCUT2D eigenvalue weighted by Crippen LogP contribution is -2.33. The topological polar surface area (TPSA) is 36.3 Å². The van der Waals surface area contributed by atoms with E-state index in [4.69, 9.17) is 21.1 Å². The molecule has 2 unspecified atom stereocenters. The summed E-state index contributed by atoms with van der Waals surface area (Å²) in [6, 6.07) is 16.1. The summed E-state index contributed by atoms with van der Waals surface area (Å²) in [6.45, 7) is 3.17. The zero-order valence-corrected chi connectivity index (χ0v) is 14.7. The molecule has 2 heterocycles. The smallest absolute Gasteiger partial charge is 0.213 e. The minimum Gasteiger partial charge on any atom is -0.342 e. The van der Waals surface area contributed by atoms with E-state index in [1.54, 1.807) is 12.5 Å². The van der Waals surface area contributed by atoms with E-state index < -0.39 is 5.79 Å². The van der Waals surface area contributed by atoms with Crippen molar-refractivity contribution in [2.45, 2.75) is 25.4 Å². The third-order valence-electron chi connectivity index (χ3n) is 4.39. The fourth-order valence-electron chi connectivity index (χ4n) is 3.15. The second-order valence-corrected chi connectivity index (χ2v) is 6.75. The van der Waals surface area contributed by atoms with Crippen LogP contribution in [0.15, 0.2) is 67.3 Å². The molecule has 0 amide bonds. The van der Waals surface area contributed by atoms with Crippen molar-refractivity contribution in [2.24, 2.45) is 0 Å². The molecule has 25 heavy (non-hydrogen) atoms.